The molecule has 1 aliphatic heterocycles. The monoisotopic (exact) mass is 514 g/mol. The predicted octanol–water partition coefficient (Wildman–Crippen LogP) is 3.18. The van der Waals surface area contributed by atoms with Crippen LogP contribution in [0.2, 0.25) is 0 Å². The van der Waals surface area contributed by atoms with Crippen molar-refractivity contribution in [3.63, 3.8) is 0 Å². The lowest BCUT2D eigenvalue weighted by Crippen LogP contribution is -2.47. The van der Waals surface area contributed by atoms with Gasteiger partial charge in [0.15, 0.2) is 5.96 Å². The minimum Gasteiger partial charge on any atom is -0.370 e. The van der Waals surface area contributed by atoms with Gasteiger partial charge >= 0.3 is 0 Å². The highest BCUT2D eigenvalue weighted by molar-refractivity contribution is 14.0. The summed E-state index contributed by atoms with van der Waals surface area (Å²) >= 11 is 5.17. The first-order chi connectivity index (χ1) is 10.6. The largest absolute Gasteiger partial charge is 0.370 e. The van der Waals surface area contributed by atoms with Gasteiger partial charge in [0.2, 0.25) is 5.91 Å². The lowest BCUT2D eigenvalue weighted by molar-refractivity contribution is -0.119. The van der Waals surface area contributed by atoms with Gasteiger partial charge < -0.3 is 16.0 Å². The van der Waals surface area contributed by atoms with Crippen molar-refractivity contribution in [2.45, 2.75) is 32.7 Å². The molecular weight excluding hydrogens is 491 g/mol. The minimum atomic E-state index is -0.211. The fourth-order valence-corrected chi connectivity index (χ4v) is 4.10. The number of nitrogens with one attached hydrogen (secondary N) is 1. The van der Waals surface area contributed by atoms with Crippen LogP contribution in [0.1, 0.15) is 31.1 Å². The molecule has 0 aromatic carbocycles. The minimum absolute atomic E-state index is 0. The molecule has 0 aliphatic carbocycles. The Bertz CT molecular complexity index is 537. The Labute approximate surface area is 167 Å². The molecule has 1 unspecified atom stereocenters. The van der Waals surface area contributed by atoms with Crippen molar-refractivity contribution < 1.29 is 4.79 Å². The lowest BCUT2D eigenvalue weighted by atomic mass is 9.95. The first-order valence-electron chi connectivity index (χ1n) is 7.63. The summed E-state index contributed by atoms with van der Waals surface area (Å²) in [5, 5.41) is 5.43. The van der Waals surface area contributed by atoms with Crippen molar-refractivity contribution in [1.29, 1.82) is 0 Å². The number of rotatable bonds is 5. The fourth-order valence-electron chi connectivity index (χ4n) is 2.72. The van der Waals surface area contributed by atoms with Crippen LogP contribution in [0.3, 0.4) is 0 Å². The molecule has 1 saturated heterocycles. The summed E-state index contributed by atoms with van der Waals surface area (Å²) in [5.41, 5.74) is 5.33. The van der Waals surface area contributed by atoms with E-state index in [2.05, 4.69) is 44.5 Å². The van der Waals surface area contributed by atoms with Crippen LogP contribution in [-0.2, 0) is 11.3 Å². The smallest absolute Gasteiger partial charge is 0.217 e. The molecule has 3 N–H and O–H groups in total. The van der Waals surface area contributed by atoms with E-state index < -0.39 is 0 Å². The second kappa shape index (κ2) is 10.5. The van der Waals surface area contributed by atoms with Gasteiger partial charge in [-0.3, -0.25) is 4.79 Å². The summed E-state index contributed by atoms with van der Waals surface area (Å²) in [6.07, 6.45) is 2.61. The zero-order valence-corrected chi connectivity index (χ0v) is 18.0. The topological polar surface area (TPSA) is 70.7 Å². The summed E-state index contributed by atoms with van der Waals surface area (Å²) in [6, 6.07) is 2.10. The van der Waals surface area contributed by atoms with Crippen molar-refractivity contribution in [3.8, 4) is 0 Å². The number of hydrogen-bond donors (Lipinski definition) is 2. The fraction of sp³-hybridized carbons (Fsp3) is 0.600. The van der Waals surface area contributed by atoms with E-state index in [1.54, 1.807) is 11.3 Å². The van der Waals surface area contributed by atoms with Gasteiger partial charge in [0, 0.05) is 40.8 Å². The summed E-state index contributed by atoms with van der Waals surface area (Å²) in [4.78, 5) is 19.4. The van der Waals surface area contributed by atoms with E-state index in [1.807, 2.05) is 0 Å². The number of thiophene rings is 1. The van der Waals surface area contributed by atoms with Gasteiger partial charge in [0.25, 0.3) is 0 Å². The van der Waals surface area contributed by atoms with E-state index in [9.17, 15) is 4.79 Å². The third-order valence-electron chi connectivity index (χ3n) is 3.65. The van der Waals surface area contributed by atoms with Gasteiger partial charge in [-0.05, 0) is 47.7 Å². The molecule has 0 bridgehead atoms. The molecule has 1 amide bonds. The van der Waals surface area contributed by atoms with E-state index in [1.165, 1.54) is 4.88 Å². The molecule has 0 spiro atoms. The van der Waals surface area contributed by atoms with Crippen molar-refractivity contribution in [1.82, 2.24) is 10.2 Å². The number of nitrogens with zero attached hydrogens (tertiary/aromatic N) is 2. The normalized spacial score (nSPS) is 18.4. The Morgan fingerprint density at radius 3 is 3.00 bits per heavy atom. The summed E-state index contributed by atoms with van der Waals surface area (Å²) in [5.74, 6) is 1.06. The molecule has 1 aromatic rings. The van der Waals surface area contributed by atoms with Crippen molar-refractivity contribution in [2.75, 3.05) is 19.6 Å². The van der Waals surface area contributed by atoms with Crippen LogP contribution in [0.15, 0.2) is 20.9 Å². The predicted molar refractivity (Wildman–Crippen MR) is 110 cm³/mol. The Kier molecular flexibility index (Phi) is 9.45. The zero-order valence-electron chi connectivity index (χ0n) is 13.3. The van der Waals surface area contributed by atoms with Crippen molar-refractivity contribution >= 4 is 63.1 Å². The number of carbonyl (C=O) groups excluding carboxylic acids is 1. The number of guanidine groups is 1. The summed E-state index contributed by atoms with van der Waals surface area (Å²) in [6.45, 7) is 5.42. The van der Waals surface area contributed by atoms with Crippen molar-refractivity contribution in [3.05, 3.63) is 20.8 Å². The van der Waals surface area contributed by atoms with Gasteiger partial charge in [-0.1, -0.05) is 0 Å². The Balaban J connectivity index is 0.00000264. The number of amides is 1. The van der Waals surface area contributed by atoms with Crippen LogP contribution in [-0.4, -0.2) is 36.4 Å². The number of likely N-dealkylation sites (tertiary alicyclic amines) is 1. The highest BCUT2D eigenvalue weighted by atomic mass is 127. The third kappa shape index (κ3) is 6.96. The molecule has 130 valence electrons. The second-order valence-corrected chi connectivity index (χ2v) is 7.44. The van der Waals surface area contributed by atoms with E-state index in [-0.39, 0.29) is 29.9 Å². The average molecular weight is 515 g/mol. The first kappa shape index (κ1) is 20.7. The molecule has 5 nitrogen and oxygen atoms in total. The molecular formula is C15H24BrIN4OS. The van der Waals surface area contributed by atoms with Crippen LogP contribution >= 0.6 is 51.2 Å². The summed E-state index contributed by atoms with van der Waals surface area (Å²) in [7, 11) is 0. The van der Waals surface area contributed by atoms with Crippen LogP contribution in [0.4, 0.5) is 0 Å². The summed E-state index contributed by atoms with van der Waals surface area (Å²) < 4.78 is 1.10. The van der Waals surface area contributed by atoms with E-state index in [0.717, 1.165) is 42.9 Å². The molecule has 2 rings (SSSR count). The van der Waals surface area contributed by atoms with Gasteiger partial charge in [-0.25, -0.2) is 4.99 Å². The van der Waals surface area contributed by atoms with Crippen molar-refractivity contribution in [2.24, 2.45) is 16.6 Å². The number of nitrogens with two attached hydrogens (primary N) is 1. The second-order valence-electron chi connectivity index (χ2n) is 5.53. The van der Waals surface area contributed by atoms with E-state index in [4.69, 9.17) is 10.7 Å². The van der Waals surface area contributed by atoms with Gasteiger partial charge in [-0.2, -0.15) is 0 Å². The molecule has 1 fully saturated rings. The SMILES string of the molecule is CCNC(=NCc1cc(Br)cs1)N1CCCC(CC(N)=O)C1.I. The molecule has 0 radical (unpaired) electrons. The molecule has 0 saturated carbocycles. The maximum atomic E-state index is 11.1. The lowest BCUT2D eigenvalue weighted by Gasteiger charge is -2.34. The average Bonchev–Trinajstić information content (AvgIpc) is 2.88. The van der Waals surface area contributed by atoms with Crippen LogP contribution in [0.5, 0.6) is 0 Å². The van der Waals surface area contributed by atoms with Gasteiger partial charge in [0.1, 0.15) is 0 Å². The first-order valence-corrected chi connectivity index (χ1v) is 9.30. The Morgan fingerprint density at radius 1 is 1.61 bits per heavy atom. The number of aliphatic imine (C=N–C) groups is 1. The van der Waals surface area contributed by atoms with Crippen LogP contribution < -0.4 is 11.1 Å². The van der Waals surface area contributed by atoms with Gasteiger partial charge in [0.05, 0.1) is 6.54 Å². The third-order valence-corrected chi connectivity index (χ3v) is 5.33. The number of carbonyl (C=O) groups is 1. The Hall–Kier alpha value is -0.350. The maximum absolute atomic E-state index is 11.1. The molecule has 8 heteroatoms. The number of piperidine rings is 1. The highest BCUT2D eigenvalue weighted by Gasteiger charge is 2.23. The molecule has 1 atom stereocenters. The highest BCUT2D eigenvalue weighted by Crippen LogP contribution is 2.22. The quantitative estimate of drug-likeness (QED) is 0.360. The number of halogens is 2. The molecule has 1 aliphatic rings. The Morgan fingerprint density at radius 2 is 2.39 bits per heavy atom. The van der Waals surface area contributed by atoms with E-state index in [0.29, 0.717) is 18.9 Å². The molecule has 23 heavy (non-hydrogen) atoms. The van der Waals surface area contributed by atoms with E-state index >= 15 is 0 Å². The number of hydrogen-bond acceptors (Lipinski definition) is 3. The van der Waals surface area contributed by atoms with Crippen LogP contribution in [0.25, 0.3) is 0 Å². The zero-order chi connectivity index (χ0) is 15.9. The standard InChI is InChI=1S/C15H23BrN4OS.HI/c1-2-18-15(19-8-13-7-12(16)10-22-13)20-5-3-4-11(9-20)6-14(17)21;/h7,10-11H,2-6,8-9H2,1H3,(H2,17,21)(H,18,19);1H. The molecule has 2 heterocycles. The number of primary amides is 1. The maximum Gasteiger partial charge on any atom is 0.217 e. The van der Waals surface area contributed by atoms with Crippen LogP contribution in [0, 0.1) is 5.92 Å². The molecule has 1 aromatic heterocycles. The van der Waals surface area contributed by atoms with Gasteiger partial charge in [-0.15, -0.1) is 35.3 Å².